The predicted octanol–water partition coefficient (Wildman–Crippen LogP) is 2.94. The maximum Gasteiger partial charge on any atom is 0.293 e. The molecule has 2 aromatic carbocycles. The van der Waals surface area contributed by atoms with Crippen LogP contribution in [0.4, 0.5) is 0 Å². The fraction of sp³-hybridized carbons (Fsp3) is 0.143. The van der Waals surface area contributed by atoms with E-state index in [2.05, 4.69) is 15.2 Å². The van der Waals surface area contributed by atoms with Gasteiger partial charge in [0.1, 0.15) is 0 Å². The van der Waals surface area contributed by atoms with Crippen molar-refractivity contribution in [1.29, 1.82) is 0 Å². The van der Waals surface area contributed by atoms with Crippen molar-refractivity contribution in [1.82, 2.24) is 29.4 Å². The topological polar surface area (TPSA) is 68.8 Å². The first-order valence-corrected chi connectivity index (χ1v) is 8.93. The summed E-state index contributed by atoms with van der Waals surface area (Å²) in [5.41, 5.74) is 2.69. The Labute approximate surface area is 162 Å². The lowest BCUT2D eigenvalue weighted by atomic mass is 10.2. The number of carbonyl (C=O) groups is 1. The van der Waals surface area contributed by atoms with E-state index in [0.717, 1.165) is 16.8 Å². The number of benzene rings is 2. The van der Waals surface area contributed by atoms with Crippen LogP contribution in [0.25, 0.3) is 17.1 Å². The van der Waals surface area contributed by atoms with Crippen molar-refractivity contribution in [2.75, 3.05) is 7.05 Å². The molecule has 0 spiro atoms. The van der Waals surface area contributed by atoms with Gasteiger partial charge in [0, 0.05) is 38.0 Å². The highest BCUT2D eigenvalue weighted by Gasteiger charge is 2.21. The molecule has 0 radical (unpaired) electrons. The van der Waals surface area contributed by atoms with Crippen LogP contribution < -0.4 is 0 Å². The summed E-state index contributed by atoms with van der Waals surface area (Å²) < 4.78 is 3.42. The number of nitrogens with zero attached hydrogens (tertiary/aromatic N) is 6. The molecule has 4 rings (SSSR count). The van der Waals surface area contributed by atoms with Crippen molar-refractivity contribution in [3.05, 3.63) is 84.4 Å². The molecule has 0 aliphatic carbocycles. The Hall–Kier alpha value is -3.74. The number of carbonyl (C=O) groups excluding carboxylic acids is 1. The van der Waals surface area contributed by atoms with Crippen LogP contribution in [0.2, 0.25) is 0 Å². The van der Waals surface area contributed by atoms with Crippen molar-refractivity contribution in [3.8, 4) is 17.1 Å². The van der Waals surface area contributed by atoms with Gasteiger partial charge >= 0.3 is 0 Å². The van der Waals surface area contributed by atoms with Gasteiger partial charge in [-0.1, -0.05) is 48.5 Å². The second-order valence-electron chi connectivity index (χ2n) is 6.56. The summed E-state index contributed by atoms with van der Waals surface area (Å²) >= 11 is 0. The summed E-state index contributed by atoms with van der Waals surface area (Å²) in [5, 5.41) is 8.66. The van der Waals surface area contributed by atoms with E-state index in [1.165, 1.54) is 0 Å². The number of rotatable bonds is 5. The molecule has 7 nitrogen and oxygen atoms in total. The third-order valence-corrected chi connectivity index (χ3v) is 4.36. The first-order valence-electron chi connectivity index (χ1n) is 8.93. The summed E-state index contributed by atoms with van der Waals surface area (Å²) in [4.78, 5) is 19.1. The molecule has 140 valence electrons. The standard InChI is InChI=1S/C21H20N6O/c1-25(14-16-13-22-26(2)15-16)21(28)19-23-20(17-9-5-3-6-10-17)27(24-19)18-11-7-4-8-12-18/h3-13,15H,14H2,1-2H3. The molecule has 0 saturated heterocycles. The Morgan fingerprint density at radius 2 is 1.71 bits per heavy atom. The lowest BCUT2D eigenvalue weighted by Gasteiger charge is -2.13. The molecule has 28 heavy (non-hydrogen) atoms. The van der Waals surface area contributed by atoms with Gasteiger partial charge in [0.25, 0.3) is 5.91 Å². The highest BCUT2D eigenvalue weighted by Crippen LogP contribution is 2.21. The molecule has 7 heteroatoms. The van der Waals surface area contributed by atoms with E-state index in [9.17, 15) is 4.79 Å². The van der Waals surface area contributed by atoms with Crippen LogP contribution in [0.5, 0.6) is 0 Å². The first kappa shape index (κ1) is 17.7. The molecule has 0 aliphatic rings. The number of hydrogen-bond donors (Lipinski definition) is 0. The van der Waals surface area contributed by atoms with Gasteiger partial charge in [-0.2, -0.15) is 5.10 Å². The van der Waals surface area contributed by atoms with Gasteiger partial charge in [-0.3, -0.25) is 9.48 Å². The molecule has 2 heterocycles. The summed E-state index contributed by atoms with van der Waals surface area (Å²) in [6.45, 7) is 0.438. The quantitative estimate of drug-likeness (QED) is 0.540. The van der Waals surface area contributed by atoms with Crippen LogP contribution >= 0.6 is 0 Å². The lowest BCUT2D eigenvalue weighted by molar-refractivity contribution is 0.0773. The fourth-order valence-electron chi connectivity index (χ4n) is 3.00. The van der Waals surface area contributed by atoms with Crippen molar-refractivity contribution in [2.24, 2.45) is 7.05 Å². The lowest BCUT2D eigenvalue weighted by Crippen LogP contribution is -2.27. The third kappa shape index (κ3) is 3.55. The van der Waals surface area contributed by atoms with E-state index in [1.54, 1.807) is 27.5 Å². The Morgan fingerprint density at radius 3 is 2.36 bits per heavy atom. The minimum Gasteiger partial charge on any atom is -0.334 e. The molecule has 0 fully saturated rings. The third-order valence-electron chi connectivity index (χ3n) is 4.36. The van der Waals surface area contributed by atoms with Crippen LogP contribution in [0.1, 0.15) is 16.2 Å². The predicted molar refractivity (Wildman–Crippen MR) is 106 cm³/mol. The Morgan fingerprint density at radius 1 is 1.04 bits per heavy atom. The maximum atomic E-state index is 12.9. The van der Waals surface area contributed by atoms with E-state index in [0.29, 0.717) is 12.4 Å². The number of amides is 1. The highest BCUT2D eigenvalue weighted by molar-refractivity contribution is 5.90. The smallest absolute Gasteiger partial charge is 0.293 e. The number of aryl methyl sites for hydroxylation is 1. The molecule has 4 aromatic rings. The highest BCUT2D eigenvalue weighted by atomic mass is 16.2. The van der Waals surface area contributed by atoms with Gasteiger partial charge in [-0.05, 0) is 12.1 Å². The van der Waals surface area contributed by atoms with E-state index in [4.69, 9.17) is 0 Å². The van der Waals surface area contributed by atoms with Crippen LogP contribution in [0.3, 0.4) is 0 Å². The van der Waals surface area contributed by atoms with E-state index in [1.807, 2.05) is 73.9 Å². The van der Waals surface area contributed by atoms with Crippen molar-refractivity contribution in [2.45, 2.75) is 6.54 Å². The zero-order chi connectivity index (χ0) is 19.5. The molecule has 0 atom stereocenters. The molecule has 0 saturated carbocycles. The van der Waals surface area contributed by atoms with Crippen molar-refractivity contribution in [3.63, 3.8) is 0 Å². The maximum absolute atomic E-state index is 12.9. The molecule has 0 unspecified atom stereocenters. The van der Waals surface area contributed by atoms with Gasteiger partial charge in [-0.15, -0.1) is 5.10 Å². The summed E-state index contributed by atoms with van der Waals surface area (Å²) in [6.07, 6.45) is 3.63. The minimum atomic E-state index is -0.240. The van der Waals surface area contributed by atoms with Gasteiger partial charge < -0.3 is 4.90 Å². The van der Waals surface area contributed by atoms with Crippen molar-refractivity contribution < 1.29 is 4.79 Å². The first-order chi connectivity index (χ1) is 13.6. The molecule has 2 aromatic heterocycles. The van der Waals surface area contributed by atoms with Crippen molar-refractivity contribution >= 4 is 5.91 Å². The molecule has 1 amide bonds. The number of aromatic nitrogens is 5. The summed E-state index contributed by atoms with van der Waals surface area (Å²) in [7, 11) is 3.58. The average molecular weight is 372 g/mol. The molecular weight excluding hydrogens is 352 g/mol. The number of hydrogen-bond acceptors (Lipinski definition) is 4. The number of para-hydroxylation sites is 1. The SMILES string of the molecule is CN(Cc1cnn(C)c1)C(=O)c1nc(-c2ccccc2)n(-c2ccccc2)n1. The van der Waals surface area contributed by atoms with Crippen LogP contribution in [-0.4, -0.2) is 42.4 Å². The Kier molecular flexibility index (Phi) is 4.72. The van der Waals surface area contributed by atoms with E-state index in [-0.39, 0.29) is 11.7 Å². The largest absolute Gasteiger partial charge is 0.334 e. The molecule has 0 aliphatic heterocycles. The average Bonchev–Trinajstić information content (AvgIpc) is 3.35. The van der Waals surface area contributed by atoms with Crippen LogP contribution in [-0.2, 0) is 13.6 Å². The molecule has 0 N–H and O–H groups in total. The molecular formula is C21H20N6O. The van der Waals surface area contributed by atoms with E-state index < -0.39 is 0 Å². The summed E-state index contributed by atoms with van der Waals surface area (Å²) in [6, 6.07) is 19.4. The van der Waals surface area contributed by atoms with Crippen LogP contribution in [0.15, 0.2) is 73.1 Å². The Balaban J connectivity index is 1.69. The van der Waals surface area contributed by atoms with Gasteiger partial charge in [0.05, 0.1) is 11.9 Å². The van der Waals surface area contributed by atoms with Gasteiger partial charge in [0.2, 0.25) is 5.82 Å². The monoisotopic (exact) mass is 372 g/mol. The zero-order valence-corrected chi connectivity index (χ0v) is 15.7. The second-order valence-corrected chi connectivity index (χ2v) is 6.56. The zero-order valence-electron chi connectivity index (χ0n) is 15.7. The van der Waals surface area contributed by atoms with Gasteiger partial charge in [0.15, 0.2) is 5.82 Å². The normalized spacial score (nSPS) is 10.8. The fourth-order valence-corrected chi connectivity index (χ4v) is 3.00. The minimum absolute atomic E-state index is 0.161. The van der Waals surface area contributed by atoms with E-state index >= 15 is 0 Å². The van der Waals surface area contributed by atoms with Crippen LogP contribution in [0, 0.1) is 0 Å². The second kappa shape index (κ2) is 7.48. The van der Waals surface area contributed by atoms with Gasteiger partial charge in [-0.25, -0.2) is 9.67 Å². The summed E-state index contributed by atoms with van der Waals surface area (Å²) in [5.74, 6) is 0.551. The molecule has 0 bridgehead atoms. The Bertz CT molecular complexity index is 1030.